The molecule has 2 aliphatic rings. The van der Waals surface area contributed by atoms with Crippen LogP contribution in [0.15, 0.2) is 36.7 Å². The monoisotopic (exact) mass is 271 g/mol. The van der Waals surface area contributed by atoms with E-state index in [1.54, 1.807) is 12.4 Å². The van der Waals surface area contributed by atoms with E-state index in [4.69, 9.17) is 0 Å². The van der Waals surface area contributed by atoms with Crippen molar-refractivity contribution in [1.82, 2.24) is 10.3 Å². The number of aromatic nitrogens is 1. The molecule has 0 aliphatic heterocycles. The average Bonchev–Trinajstić information content (AvgIpc) is 3.06. The van der Waals surface area contributed by atoms with E-state index in [0.717, 1.165) is 12.0 Å². The minimum atomic E-state index is -1.12. The van der Waals surface area contributed by atoms with Gasteiger partial charge in [0.05, 0.1) is 5.92 Å². The molecule has 1 aromatic heterocycles. The molecule has 1 heterocycles. The first kappa shape index (κ1) is 12.8. The first-order valence-corrected chi connectivity index (χ1v) is 6.72. The third-order valence-electron chi connectivity index (χ3n) is 4.25. The predicted octanol–water partition coefficient (Wildman–Crippen LogP) is -0.114. The molecule has 0 unspecified atom stereocenters. The quantitative estimate of drug-likeness (QED) is 0.774. The summed E-state index contributed by atoms with van der Waals surface area (Å²) < 4.78 is 0. The van der Waals surface area contributed by atoms with Crippen molar-refractivity contribution < 1.29 is 14.7 Å². The normalized spacial score (nSPS) is 30.4. The first-order valence-electron chi connectivity index (χ1n) is 6.72. The number of nitrogens with one attached hydrogen (secondary N) is 1. The van der Waals surface area contributed by atoms with Crippen molar-refractivity contribution in [3.05, 3.63) is 42.2 Å². The summed E-state index contributed by atoms with van der Waals surface area (Å²) in [5, 5.41) is 14.1. The maximum Gasteiger partial charge on any atom is 0.224 e. The topological polar surface area (TPSA) is 82.1 Å². The van der Waals surface area contributed by atoms with Crippen molar-refractivity contribution in [2.75, 3.05) is 0 Å². The number of hydrogen-bond acceptors (Lipinski definition) is 4. The fourth-order valence-corrected chi connectivity index (χ4v) is 3.31. The van der Waals surface area contributed by atoms with E-state index >= 15 is 0 Å². The Labute approximate surface area is 116 Å². The molecule has 3 rings (SSSR count). The molecule has 1 N–H and O–H groups in total. The lowest BCUT2D eigenvalue weighted by atomic mass is 9.82. The number of carboxylic acids is 1. The molecule has 104 valence electrons. The van der Waals surface area contributed by atoms with Gasteiger partial charge in [-0.3, -0.25) is 9.78 Å². The first-order chi connectivity index (χ1) is 9.66. The van der Waals surface area contributed by atoms with Gasteiger partial charge in [-0.05, 0) is 36.0 Å². The van der Waals surface area contributed by atoms with E-state index in [1.807, 2.05) is 24.3 Å². The van der Waals surface area contributed by atoms with Gasteiger partial charge in [-0.1, -0.05) is 12.2 Å². The van der Waals surface area contributed by atoms with Crippen molar-refractivity contribution >= 4 is 11.9 Å². The van der Waals surface area contributed by atoms with Crippen LogP contribution in [-0.2, 0) is 16.1 Å². The second-order valence-corrected chi connectivity index (χ2v) is 5.39. The van der Waals surface area contributed by atoms with Gasteiger partial charge >= 0.3 is 0 Å². The van der Waals surface area contributed by atoms with E-state index in [0.29, 0.717) is 6.54 Å². The Morgan fingerprint density at radius 3 is 2.50 bits per heavy atom. The molecule has 0 radical (unpaired) electrons. The molecular weight excluding hydrogens is 256 g/mol. The fourth-order valence-electron chi connectivity index (χ4n) is 3.31. The summed E-state index contributed by atoms with van der Waals surface area (Å²) in [6.07, 6.45) is 7.92. The van der Waals surface area contributed by atoms with E-state index in [-0.39, 0.29) is 17.7 Å². The van der Waals surface area contributed by atoms with E-state index in [1.165, 1.54) is 0 Å². The lowest BCUT2D eigenvalue weighted by Crippen LogP contribution is -2.44. The summed E-state index contributed by atoms with van der Waals surface area (Å²) in [6, 6.07) is 3.63. The highest BCUT2D eigenvalue weighted by Gasteiger charge is 2.48. The van der Waals surface area contributed by atoms with Crippen LogP contribution in [-0.4, -0.2) is 16.9 Å². The molecule has 5 heteroatoms. The summed E-state index contributed by atoms with van der Waals surface area (Å²) in [5.74, 6) is -2.54. The third-order valence-corrected chi connectivity index (χ3v) is 4.25. The Bertz CT molecular complexity index is 555. The SMILES string of the molecule is O=C([O-])[C@@H]1[C@@H](C(=O)NCc2ccncc2)[C@H]2C=C[C@H]1C2. The molecule has 20 heavy (non-hydrogen) atoms. The van der Waals surface area contributed by atoms with Gasteiger partial charge in [-0.25, -0.2) is 0 Å². The molecule has 4 atom stereocenters. The third kappa shape index (κ3) is 2.19. The number of carbonyl (C=O) groups excluding carboxylic acids is 2. The number of pyridine rings is 1. The van der Waals surface area contributed by atoms with Gasteiger partial charge in [0.25, 0.3) is 0 Å². The zero-order valence-corrected chi connectivity index (χ0v) is 10.9. The highest BCUT2D eigenvalue weighted by atomic mass is 16.4. The maximum atomic E-state index is 12.3. The Hall–Kier alpha value is -2.17. The van der Waals surface area contributed by atoms with Crippen LogP contribution in [0, 0.1) is 23.7 Å². The molecule has 1 fully saturated rings. The minimum absolute atomic E-state index is 0.0281. The van der Waals surface area contributed by atoms with E-state index in [2.05, 4.69) is 10.3 Å². The number of carboxylic acid groups (broad SMARTS) is 1. The fraction of sp³-hybridized carbons (Fsp3) is 0.400. The molecule has 0 aromatic carbocycles. The van der Waals surface area contributed by atoms with Gasteiger partial charge in [-0.2, -0.15) is 0 Å². The van der Waals surface area contributed by atoms with Crippen LogP contribution in [0.5, 0.6) is 0 Å². The molecule has 1 aromatic rings. The van der Waals surface area contributed by atoms with Crippen molar-refractivity contribution in [2.24, 2.45) is 23.7 Å². The van der Waals surface area contributed by atoms with Crippen LogP contribution in [0.3, 0.4) is 0 Å². The lowest BCUT2D eigenvalue weighted by Gasteiger charge is -2.27. The van der Waals surface area contributed by atoms with Gasteiger partial charge in [-0.15, -0.1) is 0 Å². The summed E-state index contributed by atoms with van der Waals surface area (Å²) in [5.41, 5.74) is 0.942. The highest BCUT2D eigenvalue weighted by Crippen LogP contribution is 2.47. The van der Waals surface area contributed by atoms with Gasteiger partial charge in [0, 0.05) is 30.8 Å². The molecule has 2 aliphatic carbocycles. The molecule has 1 saturated carbocycles. The number of aliphatic carboxylic acids is 1. The molecular formula is C15H15N2O3-. The number of fused-ring (bicyclic) bond motifs is 2. The Morgan fingerprint density at radius 2 is 1.85 bits per heavy atom. The standard InChI is InChI=1S/C15H16N2O3/c18-14(17-8-9-3-5-16-6-4-9)12-10-1-2-11(7-10)13(12)15(19)20/h1-6,10-13H,7-8H2,(H,17,18)(H,19,20)/p-1/t10-,11-,12-,13-/m0/s1. The zero-order valence-electron chi connectivity index (χ0n) is 10.9. The summed E-state index contributed by atoms with van der Waals surface area (Å²) in [4.78, 5) is 27.4. The molecule has 0 spiro atoms. The summed E-state index contributed by atoms with van der Waals surface area (Å²) >= 11 is 0. The number of amides is 1. The summed E-state index contributed by atoms with van der Waals surface area (Å²) in [7, 11) is 0. The Balaban J connectivity index is 1.68. The van der Waals surface area contributed by atoms with Crippen molar-refractivity contribution in [2.45, 2.75) is 13.0 Å². The van der Waals surface area contributed by atoms with Gasteiger partial charge in [0.15, 0.2) is 0 Å². The number of rotatable bonds is 4. The average molecular weight is 271 g/mol. The van der Waals surface area contributed by atoms with Crippen molar-refractivity contribution in [3.63, 3.8) is 0 Å². The summed E-state index contributed by atoms with van der Waals surface area (Å²) in [6.45, 7) is 0.388. The Kier molecular flexibility index (Phi) is 3.26. The predicted molar refractivity (Wildman–Crippen MR) is 68.8 cm³/mol. The van der Waals surface area contributed by atoms with Crippen LogP contribution in [0.2, 0.25) is 0 Å². The number of nitrogens with zero attached hydrogens (tertiary/aromatic N) is 1. The number of carbonyl (C=O) groups is 2. The van der Waals surface area contributed by atoms with Crippen LogP contribution in [0.1, 0.15) is 12.0 Å². The lowest BCUT2D eigenvalue weighted by molar-refractivity contribution is -0.313. The van der Waals surface area contributed by atoms with Crippen molar-refractivity contribution in [1.29, 1.82) is 0 Å². The highest BCUT2D eigenvalue weighted by molar-refractivity contribution is 5.86. The van der Waals surface area contributed by atoms with Crippen LogP contribution >= 0.6 is 0 Å². The zero-order chi connectivity index (χ0) is 14.1. The Morgan fingerprint density at radius 1 is 1.20 bits per heavy atom. The van der Waals surface area contributed by atoms with Crippen LogP contribution in [0.25, 0.3) is 0 Å². The van der Waals surface area contributed by atoms with E-state index < -0.39 is 17.8 Å². The van der Waals surface area contributed by atoms with Crippen LogP contribution in [0.4, 0.5) is 0 Å². The molecule has 1 amide bonds. The molecule has 2 bridgehead atoms. The second kappa shape index (κ2) is 5.07. The second-order valence-electron chi connectivity index (χ2n) is 5.39. The largest absolute Gasteiger partial charge is 0.550 e. The van der Waals surface area contributed by atoms with Gasteiger partial charge in [0.1, 0.15) is 0 Å². The maximum absolute atomic E-state index is 12.3. The minimum Gasteiger partial charge on any atom is -0.550 e. The number of hydrogen-bond donors (Lipinski definition) is 1. The van der Waals surface area contributed by atoms with Gasteiger partial charge < -0.3 is 15.2 Å². The smallest absolute Gasteiger partial charge is 0.224 e. The molecule has 0 saturated heterocycles. The van der Waals surface area contributed by atoms with Crippen LogP contribution < -0.4 is 10.4 Å². The van der Waals surface area contributed by atoms with Crippen molar-refractivity contribution in [3.8, 4) is 0 Å². The number of allylic oxidation sites excluding steroid dienone is 2. The van der Waals surface area contributed by atoms with E-state index in [9.17, 15) is 14.7 Å². The van der Waals surface area contributed by atoms with Gasteiger partial charge in [0.2, 0.25) is 5.91 Å². The molecule has 5 nitrogen and oxygen atoms in total.